The number of carbonyl (C=O) groups excluding carboxylic acids is 2. The maximum atomic E-state index is 12.6. The van der Waals surface area contributed by atoms with Crippen LogP contribution in [0.25, 0.3) is 11.3 Å². The standard InChI is InChI=1S/C21H20N4O2S/c26-19-11-17(13-25(19)10-8-15-5-2-1-3-6-15)20(27)24-21-23-18(14-28-21)16-7-4-9-22-12-16/h1-7,9,12,14,17H,8,10-11,13H2,(H,23,24,27). The summed E-state index contributed by atoms with van der Waals surface area (Å²) in [5, 5.41) is 5.29. The first-order chi connectivity index (χ1) is 13.7. The van der Waals surface area contributed by atoms with Crippen molar-refractivity contribution in [1.82, 2.24) is 14.9 Å². The van der Waals surface area contributed by atoms with Gasteiger partial charge in [0.15, 0.2) is 5.13 Å². The van der Waals surface area contributed by atoms with Crippen molar-refractivity contribution >= 4 is 28.3 Å². The Morgan fingerprint density at radius 3 is 2.86 bits per heavy atom. The van der Waals surface area contributed by atoms with Gasteiger partial charge in [0.1, 0.15) is 0 Å². The molecule has 1 N–H and O–H groups in total. The molecule has 3 aromatic rings. The van der Waals surface area contributed by atoms with Gasteiger partial charge in [-0.1, -0.05) is 30.3 Å². The monoisotopic (exact) mass is 392 g/mol. The fraction of sp³-hybridized carbons (Fsp3) is 0.238. The van der Waals surface area contributed by atoms with Crippen LogP contribution in [0.4, 0.5) is 5.13 Å². The summed E-state index contributed by atoms with van der Waals surface area (Å²) in [6.07, 6.45) is 4.49. The summed E-state index contributed by atoms with van der Waals surface area (Å²) < 4.78 is 0. The van der Waals surface area contributed by atoms with Crippen LogP contribution < -0.4 is 5.32 Å². The number of thiazole rings is 1. The van der Waals surface area contributed by atoms with Gasteiger partial charge < -0.3 is 10.2 Å². The Bertz CT molecular complexity index is 959. The molecule has 142 valence electrons. The lowest BCUT2D eigenvalue weighted by Gasteiger charge is -2.16. The number of anilines is 1. The Labute approximate surface area is 167 Å². The summed E-state index contributed by atoms with van der Waals surface area (Å²) in [5.41, 5.74) is 2.87. The Kier molecular flexibility index (Phi) is 5.43. The molecule has 6 nitrogen and oxygen atoms in total. The molecular formula is C21H20N4O2S. The van der Waals surface area contributed by atoms with E-state index in [1.54, 1.807) is 17.3 Å². The van der Waals surface area contributed by atoms with Gasteiger partial charge in [0.05, 0.1) is 11.6 Å². The fourth-order valence-electron chi connectivity index (χ4n) is 3.26. The molecule has 3 heterocycles. The Hall–Kier alpha value is -3.06. The largest absolute Gasteiger partial charge is 0.342 e. The maximum Gasteiger partial charge on any atom is 0.231 e. The molecule has 7 heteroatoms. The number of hydrogen-bond acceptors (Lipinski definition) is 5. The van der Waals surface area contributed by atoms with Crippen LogP contribution in [0.2, 0.25) is 0 Å². The zero-order valence-electron chi connectivity index (χ0n) is 15.2. The minimum atomic E-state index is -0.339. The smallest absolute Gasteiger partial charge is 0.231 e. The van der Waals surface area contributed by atoms with Gasteiger partial charge >= 0.3 is 0 Å². The summed E-state index contributed by atoms with van der Waals surface area (Å²) in [4.78, 5) is 35.2. The molecule has 1 saturated heterocycles. The topological polar surface area (TPSA) is 75.2 Å². The number of aromatic nitrogens is 2. The van der Waals surface area contributed by atoms with Gasteiger partial charge in [0, 0.05) is 42.8 Å². The van der Waals surface area contributed by atoms with Crippen molar-refractivity contribution in [3.63, 3.8) is 0 Å². The molecule has 0 spiro atoms. The molecule has 0 radical (unpaired) electrons. The molecule has 1 atom stereocenters. The minimum Gasteiger partial charge on any atom is -0.342 e. The number of likely N-dealkylation sites (tertiary alicyclic amines) is 1. The molecule has 2 aromatic heterocycles. The third-order valence-corrected chi connectivity index (χ3v) is 5.55. The molecule has 0 bridgehead atoms. The third-order valence-electron chi connectivity index (χ3n) is 4.79. The number of carbonyl (C=O) groups is 2. The molecule has 1 aliphatic rings. The van der Waals surface area contributed by atoms with Gasteiger partial charge in [-0.3, -0.25) is 14.6 Å². The maximum absolute atomic E-state index is 12.6. The van der Waals surface area contributed by atoms with E-state index in [0.29, 0.717) is 18.2 Å². The predicted octanol–water partition coefficient (Wildman–Crippen LogP) is 3.23. The van der Waals surface area contributed by atoms with Crippen molar-refractivity contribution < 1.29 is 9.59 Å². The second-order valence-electron chi connectivity index (χ2n) is 6.75. The first-order valence-corrected chi connectivity index (χ1v) is 10.1. The molecule has 1 fully saturated rings. The summed E-state index contributed by atoms with van der Waals surface area (Å²) in [6, 6.07) is 13.8. The lowest BCUT2D eigenvalue weighted by molar-refractivity contribution is -0.128. The molecule has 1 unspecified atom stereocenters. The Balaban J connectivity index is 1.33. The van der Waals surface area contributed by atoms with Crippen LogP contribution in [0, 0.1) is 5.92 Å². The Morgan fingerprint density at radius 1 is 1.21 bits per heavy atom. The highest BCUT2D eigenvalue weighted by Gasteiger charge is 2.34. The van der Waals surface area contributed by atoms with E-state index in [1.807, 2.05) is 47.8 Å². The van der Waals surface area contributed by atoms with E-state index >= 15 is 0 Å². The van der Waals surface area contributed by atoms with Crippen molar-refractivity contribution in [3.8, 4) is 11.3 Å². The second-order valence-corrected chi connectivity index (χ2v) is 7.60. The van der Waals surface area contributed by atoms with Crippen molar-refractivity contribution in [1.29, 1.82) is 0 Å². The molecule has 0 aliphatic carbocycles. The molecule has 2 amide bonds. The molecule has 1 aromatic carbocycles. The normalized spacial score (nSPS) is 16.4. The highest BCUT2D eigenvalue weighted by atomic mass is 32.1. The first kappa shape index (κ1) is 18.3. The van der Waals surface area contributed by atoms with Crippen molar-refractivity contribution in [2.24, 2.45) is 5.92 Å². The van der Waals surface area contributed by atoms with Crippen molar-refractivity contribution in [2.45, 2.75) is 12.8 Å². The van der Waals surface area contributed by atoms with Gasteiger partial charge in [-0.15, -0.1) is 11.3 Å². The summed E-state index contributed by atoms with van der Waals surface area (Å²) in [7, 11) is 0. The van der Waals surface area contributed by atoms with E-state index in [0.717, 1.165) is 17.7 Å². The van der Waals surface area contributed by atoms with Gasteiger partial charge in [-0.25, -0.2) is 4.98 Å². The summed E-state index contributed by atoms with van der Waals surface area (Å²) in [6.45, 7) is 1.09. The van der Waals surface area contributed by atoms with Crippen LogP contribution in [0.15, 0.2) is 60.2 Å². The van der Waals surface area contributed by atoms with E-state index < -0.39 is 0 Å². The van der Waals surface area contributed by atoms with Crippen molar-refractivity contribution in [2.75, 3.05) is 18.4 Å². The molecule has 4 rings (SSSR count). The van der Waals surface area contributed by atoms with Crippen molar-refractivity contribution in [3.05, 3.63) is 65.8 Å². The highest BCUT2D eigenvalue weighted by molar-refractivity contribution is 7.14. The highest BCUT2D eigenvalue weighted by Crippen LogP contribution is 2.26. The third kappa shape index (κ3) is 4.26. The first-order valence-electron chi connectivity index (χ1n) is 9.17. The predicted molar refractivity (Wildman–Crippen MR) is 109 cm³/mol. The van der Waals surface area contributed by atoms with E-state index in [2.05, 4.69) is 15.3 Å². The van der Waals surface area contributed by atoms with E-state index in [-0.39, 0.29) is 24.2 Å². The van der Waals surface area contributed by atoms with Crippen LogP contribution in [0.5, 0.6) is 0 Å². The van der Waals surface area contributed by atoms with Gasteiger partial charge in [0.25, 0.3) is 0 Å². The van der Waals surface area contributed by atoms with Gasteiger partial charge in [0.2, 0.25) is 11.8 Å². The average molecular weight is 392 g/mol. The van der Waals surface area contributed by atoms with Crippen LogP contribution >= 0.6 is 11.3 Å². The number of pyridine rings is 1. The lowest BCUT2D eigenvalue weighted by atomic mass is 10.1. The number of benzene rings is 1. The van der Waals surface area contributed by atoms with Crippen LogP contribution in [-0.4, -0.2) is 39.8 Å². The molecule has 28 heavy (non-hydrogen) atoms. The van der Waals surface area contributed by atoms with Crippen LogP contribution in [0.3, 0.4) is 0 Å². The average Bonchev–Trinajstić information content (AvgIpc) is 3.34. The zero-order valence-corrected chi connectivity index (χ0v) is 16.1. The van der Waals surface area contributed by atoms with E-state index in [1.165, 1.54) is 16.9 Å². The lowest BCUT2D eigenvalue weighted by Crippen LogP contribution is -2.30. The quantitative estimate of drug-likeness (QED) is 0.699. The minimum absolute atomic E-state index is 0.0336. The molecular weight excluding hydrogens is 372 g/mol. The van der Waals surface area contributed by atoms with E-state index in [4.69, 9.17) is 0 Å². The molecule has 0 saturated carbocycles. The SMILES string of the molecule is O=C(Nc1nc(-c2cccnc2)cs1)C1CC(=O)N(CCc2ccccc2)C1. The summed E-state index contributed by atoms with van der Waals surface area (Å²) in [5.74, 6) is -0.456. The number of hydrogen-bond donors (Lipinski definition) is 1. The number of nitrogens with zero attached hydrogens (tertiary/aromatic N) is 3. The van der Waals surface area contributed by atoms with Crippen LogP contribution in [0.1, 0.15) is 12.0 Å². The van der Waals surface area contributed by atoms with Crippen LogP contribution in [-0.2, 0) is 16.0 Å². The molecule has 1 aliphatic heterocycles. The fourth-order valence-corrected chi connectivity index (χ4v) is 3.98. The number of amides is 2. The number of nitrogens with one attached hydrogen (secondary N) is 1. The Morgan fingerprint density at radius 2 is 2.07 bits per heavy atom. The zero-order chi connectivity index (χ0) is 19.3. The second kappa shape index (κ2) is 8.31. The summed E-state index contributed by atoms with van der Waals surface area (Å²) >= 11 is 1.37. The van der Waals surface area contributed by atoms with Gasteiger partial charge in [-0.05, 0) is 24.1 Å². The van der Waals surface area contributed by atoms with E-state index in [9.17, 15) is 9.59 Å². The van der Waals surface area contributed by atoms with Gasteiger partial charge in [-0.2, -0.15) is 0 Å². The number of rotatable bonds is 6.